The lowest BCUT2D eigenvalue weighted by atomic mass is 10.1. The fourth-order valence-corrected chi connectivity index (χ4v) is 3.63. The van der Waals surface area contributed by atoms with Gasteiger partial charge in [0.1, 0.15) is 17.4 Å². The third-order valence-corrected chi connectivity index (χ3v) is 5.08. The monoisotopic (exact) mass is 389 g/mol. The summed E-state index contributed by atoms with van der Waals surface area (Å²) in [6, 6.07) is 9.28. The van der Waals surface area contributed by atoms with E-state index in [0.717, 1.165) is 28.1 Å². The minimum atomic E-state index is 0.115. The first-order chi connectivity index (χ1) is 14.2. The van der Waals surface area contributed by atoms with Crippen LogP contribution in [0.25, 0.3) is 16.8 Å². The molecule has 0 aliphatic carbocycles. The van der Waals surface area contributed by atoms with Gasteiger partial charge in [-0.3, -0.25) is 4.99 Å². The van der Waals surface area contributed by atoms with Crippen LogP contribution in [0.4, 0.5) is 5.69 Å². The molecule has 0 saturated carbocycles. The number of rotatable bonds is 4. The van der Waals surface area contributed by atoms with Gasteiger partial charge in [-0.1, -0.05) is 0 Å². The summed E-state index contributed by atoms with van der Waals surface area (Å²) in [4.78, 5) is 18.7. The summed E-state index contributed by atoms with van der Waals surface area (Å²) in [5.74, 6) is 2.78. The Bertz CT molecular complexity index is 1210. The Hall–Kier alpha value is -3.81. The number of ether oxygens (including phenoxy) is 2. The van der Waals surface area contributed by atoms with Crippen LogP contribution in [0.5, 0.6) is 11.5 Å². The van der Waals surface area contributed by atoms with Crippen molar-refractivity contribution < 1.29 is 14.6 Å². The average Bonchev–Trinajstić information content (AvgIpc) is 3.42. The normalized spacial score (nSPS) is 15.7. The number of H-pyrrole nitrogens is 1. The van der Waals surface area contributed by atoms with E-state index < -0.39 is 0 Å². The summed E-state index contributed by atoms with van der Waals surface area (Å²) in [6.45, 7) is 1.36. The van der Waals surface area contributed by atoms with Crippen molar-refractivity contribution in [2.45, 2.75) is 0 Å². The van der Waals surface area contributed by atoms with E-state index in [0.29, 0.717) is 36.0 Å². The van der Waals surface area contributed by atoms with Gasteiger partial charge in [-0.2, -0.15) is 0 Å². The van der Waals surface area contributed by atoms with E-state index in [4.69, 9.17) is 14.5 Å². The Balaban J connectivity index is 1.60. The van der Waals surface area contributed by atoms with Crippen LogP contribution >= 0.6 is 0 Å². The third kappa shape index (κ3) is 2.80. The SMILES string of the molecule is COc1cc2c(cc1OC)C1=NCCN1C(/C=C(\O)c1ccc3[nH]cnc3c1)=N2. The van der Waals surface area contributed by atoms with Crippen LogP contribution in [0.2, 0.25) is 0 Å². The Morgan fingerprint density at radius 2 is 2.00 bits per heavy atom. The molecule has 8 heteroatoms. The molecule has 2 aromatic carbocycles. The van der Waals surface area contributed by atoms with E-state index in [1.54, 1.807) is 26.6 Å². The fourth-order valence-electron chi connectivity index (χ4n) is 3.63. The zero-order valence-electron chi connectivity index (χ0n) is 16.0. The van der Waals surface area contributed by atoms with Gasteiger partial charge in [0.25, 0.3) is 0 Å². The molecule has 0 radical (unpaired) electrons. The topological polar surface area (TPSA) is 95.3 Å². The van der Waals surface area contributed by atoms with Crippen molar-refractivity contribution in [3.8, 4) is 11.5 Å². The van der Waals surface area contributed by atoms with Crippen molar-refractivity contribution in [2.24, 2.45) is 9.98 Å². The predicted octanol–water partition coefficient (Wildman–Crippen LogP) is 3.29. The van der Waals surface area contributed by atoms with Gasteiger partial charge in [-0.15, -0.1) is 0 Å². The minimum absolute atomic E-state index is 0.115. The summed E-state index contributed by atoms with van der Waals surface area (Å²) in [5, 5.41) is 10.8. The number of fused-ring (bicyclic) bond motifs is 4. The molecule has 0 atom stereocenters. The Kier molecular flexibility index (Phi) is 3.97. The van der Waals surface area contributed by atoms with Crippen molar-refractivity contribution in [3.05, 3.63) is 53.9 Å². The summed E-state index contributed by atoms with van der Waals surface area (Å²) < 4.78 is 10.8. The molecule has 5 rings (SSSR count). The van der Waals surface area contributed by atoms with E-state index in [1.165, 1.54) is 0 Å². The van der Waals surface area contributed by atoms with Crippen LogP contribution in [-0.2, 0) is 0 Å². The van der Waals surface area contributed by atoms with Crippen molar-refractivity contribution >= 4 is 34.2 Å². The van der Waals surface area contributed by atoms with E-state index in [9.17, 15) is 5.11 Å². The number of methoxy groups -OCH3 is 2. The number of aliphatic hydroxyl groups excluding tert-OH is 1. The number of hydrogen-bond acceptors (Lipinski definition) is 7. The zero-order valence-corrected chi connectivity index (χ0v) is 16.0. The summed E-state index contributed by atoms with van der Waals surface area (Å²) >= 11 is 0. The highest BCUT2D eigenvalue weighted by Crippen LogP contribution is 2.38. The highest BCUT2D eigenvalue weighted by molar-refractivity contribution is 6.20. The predicted molar refractivity (Wildman–Crippen MR) is 111 cm³/mol. The maximum atomic E-state index is 10.8. The van der Waals surface area contributed by atoms with Crippen molar-refractivity contribution in [2.75, 3.05) is 27.3 Å². The molecule has 8 nitrogen and oxygen atoms in total. The largest absolute Gasteiger partial charge is 0.507 e. The average molecular weight is 389 g/mol. The maximum Gasteiger partial charge on any atom is 0.162 e. The van der Waals surface area contributed by atoms with Gasteiger partial charge in [0.2, 0.25) is 0 Å². The van der Waals surface area contributed by atoms with Crippen LogP contribution in [0.15, 0.2) is 52.7 Å². The van der Waals surface area contributed by atoms with Gasteiger partial charge in [0.05, 0.1) is 43.8 Å². The second kappa shape index (κ2) is 6.66. The number of aromatic amines is 1. The number of benzene rings is 2. The minimum Gasteiger partial charge on any atom is -0.507 e. The third-order valence-electron chi connectivity index (χ3n) is 5.08. The molecule has 0 bridgehead atoms. The molecule has 1 aromatic heterocycles. The highest BCUT2D eigenvalue weighted by atomic mass is 16.5. The smallest absolute Gasteiger partial charge is 0.162 e. The first-order valence-electron chi connectivity index (χ1n) is 9.19. The van der Waals surface area contributed by atoms with Crippen molar-refractivity contribution in [1.82, 2.24) is 14.9 Å². The van der Waals surface area contributed by atoms with Gasteiger partial charge in [0.15, 0.2) is 11.5 Å². The van der Waals surface area contributed by atoms with Crippen LogP contribution in [0.3, 0.4) is 0 Å². The number of hydrogen-bond donors (Lipinski definition) is 2. The molecule has 3 heterocycles. The number of amidine groups is 2. The number of aromatic nitrogens is 2. The lowest BCUT2D eigenvalue weighted by Gasteiger charge is -2.26. The Morgan fingerprint density at radius 3 is 2.83 bits per heavy atom. The van der Waals surface area contributed by atoms with Crippen LogP contribution in [0.1, 0.15) is 11.1 Å². The number of nitrogens with one attached hydrogen (secondary N) is 1. The molecule has 0 fully saturated rings. The fraction of sp³-hybridized carbons (Fsp3) is 0.190. The first kappa shape index (κ1) is 17.3. The molecule has 2 N–H and O–H groups in total. The van der Waals surface area contributed by atoms with Gasteiger partial charge < -0.3 is 24.5 Å². The first-order valence-corrected chi connectivity index (χ1v) is 9.19. The molecule has 29 heavy (non-hydrogen) atoms. The molecule has 2 aliphatic rings. The van der Waals surface area contributed by atoms with Crippen LogP contribution in [-0.4, -0.2) is 59.0 Å². The molecule has 0 amide bonds. The second-order valence-corrected chi connectivity index (χ2v) is 6.72. The molecule has 0 saturated heterocycles. The molecule has 2 aliphatic heterocycles. The number of aliphatic imine (C=N–C) groups is 2. The van der Waals surface area contributed by atoms with Crippen molar-refractivity contribution in [3.63, 3.8) is 0 Å². The Labute approximate surface area is 166 Å². The van der Waals surface area contributed by atoms with Gasteiger partial charge in [-0.05, 0) is 24.3 Å². The van der Waals surface area contributed by atoms with Gasteiger partial charge >= 0.3 is 0 Å². The Morgan fingerprint density at radius 1 is 1.17 bits per heavy atom. The lowest BCUT2D eigenvalue weighted by molar-refractivity contribution is 0.355. The standard InChI is InChI=1S/C21H19N5O3/c1-28-18-8-13-15(9-19(18)29-2)25-20(26-6-5-22-21(13)26)10-17(27)12-3-4-14-16(7-12)24-11-23-14/h3-4,7-11,27H,5-6H2,1-2H3,(H,23,24)/b17-10-. The van der Waals surface area contributed by atoms with Crippen LogP contribution in [0, 0.1) is 0 Å². The van der Waals surface area contributed by atoms with Crippen LogP contribution < -0.4 is 9.47 Å². The summed E-state index contributed by atoms with van der Waals surface area (Å²) in [6.07, 6.45) is 3.29. The summed E-state index contributed by atoms with van der Waals surface area (Å²) in [7, 11) is 3.20. The number of aliphatic hydroxyl groups is 1. The second-order valence-electron chi connectivity index (χ2n) is 6.72. The van der Waals surface area contributed by atoms with E-state index >= 15 is 0 Å². The van der Waals surface area contributed by atoms with Gasteiger partial charge in [0, 0.05) is 29.8 Å². The van der Waals surface area contributed by atoms with Gasteiger partial charge in [-0.25, -0.2) is 9.98 Å². The summed E-state index contributed by atoms with van der Waals surface area (Å²) in [5.41, 5.74) is 3.98. The zero-order chi connectivity index (χ0) is 20.0. The molecular formula is C21H19N5O3. The lowest BCUT2D eigenvalue weighted by Crippen LogP contribution is -2.36. The molecular weight excluding hydrogens is 370 g/mol. The van der Waals surface area contributed by atoms with E-state index in [-0.39, 0.29) is 5.76 Å². The van der Waals surface area contributed by atoms with Crippen molar-refractivity contribution in [1.29, 1.82) is 0 Å². The number of nitrogens with zero attached hydrogens (tertiary/aromatic N) is 4. The van der Waals surface area contributed by atoms with E-state index in [2.05, 4.69) is 15.0 Å². The quantitative estimate of drug-likeness (QED) is 0.668. The number of imidazole rings is 1. The molecule has 0 spiro atoms. The molecule has 3 aromatic rings. The maximum absolute atomic E-state index is 10.8. The molecule has 146 valence electrons. The highest BCUT2D eigenvalue weighted by Gasteiger charge is 2.30. The molecule has 0 unspecified atom stereocenters. The van der Waals surface area contributed by atoms with E-state index in [1.807, 2.05) is 35.2 Å².